The molecule has 1 aromatic rings. The van der Waals surface area contributed by atoms with E-state index in [1.54, 1.807) is 0 Å². The molecule has 1 amide bonds. The number of rotatable bonds is 2. The quantitative estimate of drug-likeness (QED) is 0.540. The highest BCUT2D eigenvalue weighted by Crippen LogP contribution is 2.18. The molecule has 2 rings (SSSR count). The number of morpholine rings is 1. The van der Waals surface area contributed by atoms with Gasteiger partial charge in [0.2, 0.25) is 0 Å². The van der Waals surface area contributed by atoms with Crippen LogP contribution >= 0.6 is 38.5 Å². The van der Waals surface area contributed by atoms with Crippen molar-refractivity contribution in [3.8, 4) is 0 Å². The third-order valence-electron chi connectivity index (χ3n) is 3.01. The van der Waals surface area contributed by atoms with Crippen LogP contribution in [0.3, 0.4) is 0 Å². The maximum absolute atomic E-state index is 12.5. The van der Waals surface area contributed by atoms with E-state index in [-0.39, 0.29) is 18.1 Å². The summed E-state index contributed by atoms with van der Waals surface area (Å²) in [7, 11) is 0. The molecule has 0 aliphatic carbocycles. The summed E-state index contributed by atoms with van der Waals surface area (Å²) in [5, 5.41) is 0.760. The number of benzene rings is 1. The highest BCUT2D eigenvalue weighted by Gasteiger charge is 2.29. The van der Waals surface area contributed by atoms with Crippen LogP contribution in [0, 0.1) is 3.57 Å². The second-order valence-corrected chi connectivity index (χ2v) is 6.32. The van der Waals surface area contributed by atoms with E-state index >= 15 is 0 Å². The zero-order chi connectivity index (χ0) is 13.1. The first kappa shape index (κ1) is 14.3. The fourth-order valence-corrected chi connectivity index (χ4v) is 2.92. The Kier molecular flexibility index (Phi) is 5.03. The molecule has 0 saturated carbocycles. The minimum atomic E-state index is 0.0907. The van der Waals surface area contributed by atoms with Gasteiger partial charge in [0.1, 0.15) is 0 Å². The minimum Gasteiger partial charge on any atom is -0.373 e. The molecule has 2 atom stereocenters. The molecule has 2 unspecified atom stereocenters. The van der Waals surface area contributed by atoms with Crippen LogP contribution in [0.4, 0.5) is 0 Å². The Bertz CT molecular complexity index is 441. The lowest BCUT2D eigenvalue weighted by Gasteiger charge is -2.37. The molecule has 98 valence electrons. The Morgan fingerprint density at radius 2 is 2.39 bits per heavy atom. The van der Waals surface area contributed by atoms with Crippen LogP contribution in [-0.4, -0.2) is 41.4 Å². The highest BCUT2D eigenvalue weighted by atomic mass is 127. The molecule has 1 fully saturated rings. The van der Waals surface area contributed by atoms with Gasteiger partial charge in [-0.25, -0.2) is 0 Å². The smallest absolute Gasteiger partial charge is 0.254 e. The number of amides is 1. The first-order valence-corrected chi connectivity index (χ1v) is 8.06. The Balaban J connectivity index is 2.16. The zero-order valence-corrected chi connectivity index (χ0v) is 13.8. The number of nitrogens with zero attached hydrogens (tertiary/aromatic N) is 1. The summed E-state index contributed by atoms with van der Waals surface area (Å²) in [6.07, 6.45) is 0.0907. The van der Waals surface area contributed by atoms with E-state index in [4.69, 9.17) is 4.74 Å². The number of halogens is 2. The predicted molar refractivity (Wildman–Crippen MR) is 83.2 cm³/mol. The van der Waals surface area contributed by atoms with Crippen LogP contribution in [0.15, 0.2) is 24.3 Å². The topological polar surface area (TPSA) is 29.5 Å². The second kappa shape index (κ2) is 6.34. The van der Waals surface area contributed by atoms with Crippen molar-refractivity contribution in [1.82, 2.24) is 4.90 Å². The van der Waals surface area contributed by atoms with Crippen molar-refractivity contribution >= 4 is 44.4 Å². The molecule has 18 heavy (non-hydrogen) atoms. The fourth-order valence-electron chi connectivity index (χ4n) is 1.98. The number of hydrogen-bond acceptors (Lipinski definition) is 2. The molecule has 0 N–H and O–H groups in total. The van der Waals surface area contributed by atoms with Crippen LogP contribution < -0.4 is 0 Å². The third-order valence-corrected chi connectivity index (χ3v) is 4.40. The molecule has 1 heterocycles. The van der Waals surface area contributed by atoms with Crippen LogP contribution in [0.25, 0.3) is 0 Å². The fraction of sp³-hybridized carbons (Fsp3) is 0.462. The maximum atomic E-state index is 12.5. The summed E-state index contributed by atoms with van der Waals surface area (Å²) >= 11 is 5.63. The van der Waals surface area contributed by atoms with Crippen LogP contribution in [-0.2, 0) is 4.74 Å². The average Bonchev–Trinajstić information content (AvgIpc) is 2.38. The summed E-state index contributed by atoms with van der Waals surface area (Å²) in [6, 6.07) is 7.83. The molecule has 3 nitrogen and oxygen atoms in total. The average molecular weight is 424 g/mol. The van der Waals surface area contributed by atoms with E-state index in [1.807, 2.05) is 36.1 Å². The molecule has 0 spiro atoms. The number of ether oxygens (including phenoxy) is 1. The first-order chi connectivity index (χ1) is 8.61. The molecular formula is C13H15BrINO2. The van der Waals surface area contributed by atoms with Crippen molar-refractivity contribution in [2.45, 2.75) is 19.1 Å². The Labute approximate surface area is 129 Å². The SMILES string of the molecule is CC1COC(CBr)CN1C(=O)c1cccc(I)c1. The Hall–Kier alpha value is -0.140. The van der Waals surface area contributed by atoms with Crippen molar-refractivity contribution in [2.75, 3.05) is 18.5 Å². The summed E-state index contributed by atoms with van der Waals surface area (Å²) < 4.78 is 6.72. The van der Waals surface area contributed by atoms with Gasteiger partial charge in [-0.15, -0.1) is 0 Å². The zero-order valence-electron chi connectivity index (χ0n) is 10.1. The van der Waals surface area contributed by atoms with Gasteiger partial charge >= 0.3 is 0 Å². The summed E-state index contributed by atoms with van der Waals surface area (Å²) in [5.74, 6) is 0.0928. The van der Waals surface area contributed by atoms with E-state index in [0.29, 0.717) is 13.2 Å². The lowest BCUT2D eigenvalue weighted by atomic mass is 10.1. The molecule has 0 aromatic heterocycles. The summed E-state index contributed by atoms with van der Waals surface area (Å²) in [6.45, 7) is 3.28. The lowest BCUT2D eigenvalue weighted by Crippen LogP contribution is -2.51. The molecule has 0 radical (unpaired) electrons. The second-order valence-electron chi connectivity index (χ2n) is 4.43. The Morgan fingerprint density at radius 3 is 3.06 bits per heavy atom. The Morgan fingerprint density at radius 1 is 1.61 bits per heavy atom. The molecular weight excluding hydrogens is 409 g/mol. The lowest BCUT2D eigenvalue weighted by molar-refractivity contribution is -0.0361. The molecule has 1 aromatic carbocycles. The van der Waals surface area contributed by atoms with Gasteiger partial charge in [-0.05, 0) is 47.7 Å². The van der Waals surface area contributed by atoms with Gasteiger partial charge in [-0.2, -0.15) is 0 Å². The van der Waals surface area contributed by atoms with Crippen molar-refractivity contribution in [2.24, 2.45) is 0 Å². The molecule has 5 heteroatoms. The van der Waals surface area contributed by atoms with Crippen molar-refractivity contribution in [1.29, 1.82) is 0 Å². The van der Waals surface area contributed by atoms with Gasteiger partial charge in [0.25, 0.3) is 5.91 Å². The first-order valence-electron chi connectivity index (χ1n) is 5.86. The van der Waals surface area contributed by atoms with Gasteiger partial charge in [-0.1, -0.05) is 22.0 Å². The van der Waals surface area contributed by atoms with Gasteiger partial charge < -0.3 is 9.64 Å². The van der Waals surface area contributed by atoms with Crippen LogP contribution in [0.2, 0.25) is 0 Å². The van der Waals surface area contributed by atoms with Crippen molar-refractivity contribution < 1.29 is 9.53 Å². The largest absolute Gasteiger partial charge is 0.373 e. The molecule has 0 bridgehead atoms. The van der Waals surface area contributed by atoms with E-state index in [2.05, 4.69) is 38.5 Å². The van der Waals surface area contributed by atoms with E-state index in [9.17, 15) is 4.79 Å². The van der Waals surface area contributed by atoms with E-state index < -0.39 is 0 Å². The monoisotopic (exact) mass is 423 g/mol. The molecule has 1 aliphatic heterocycles. The van der Waals surface area contributed by atoms with Gasteiger partial charge in [-0.3, -0.25) is 4.79 Å². The minimum absolute atomic E-state index is 0.0907. The number of hydrogen-bond donors (Lipinski definition) is 0. The highest BCUT2D eigenvalue weighted by molar-refractivity contribution is 14.1. The van der Waals surface area contributed by atoms with Gasteiger partial charge in [0.05, 0.1) is 18.8 Å². The predicted octanol–water partition coefficient (Wildman–Crippen LogP) is 2.92. The number of alkyl halides is 1. The molecule has 1 saturated heterocycles. The summed E-state index contributed by atoms with van der Waals surface area (Å²) in [4.78, 5) is 14.4. The van der Waals surface area contributed by atoms with Gasteiger partial charge in [0, 0.05) is 21.0 Å². The van der Waals surface area contributed by atoms with Crippen LogP contribution in [0.5, 0.6) is 0 Å². The third kappa shape index (κ3) is 3.24. The number of carbonyl (C=O) groups is 1. The van der Waals surface area contributed by atoms with Crippen LogP contribution in [0.1, 0.15) is 17.3 Å². The molecule has 1 aliphatic rings. The van der Waals surface area contributed by atoms with Crippen molar-refractivity contribution in [3.63, 3.8) is 0 Å². The normalized spacial score (nSPS) is 24.1. The van der Waals surface area contributed by atoms with E-state index in [0.717, 1.165) is 14.5 Å². The van der Waals surface area contributed by atoms with E-state index in [1.165, 1.54) is 0 Å². The maximum Gasteiger partial charge on any atom is 0.254 e. The van der Waals surface area contributed by atoms with Crippen molar-refractivity contribution in [3.05, 3.63) is 33.4 Å². The van der Waals surface area contributed by atoms with Gasteiger partial charge in [0.15, 0.2) is 0 Å². The standard InChI is InChI=1S/C13H15BrINO2/c1-9-8-18-12(6-14)7-16(9)13(17)10-3-2-4-11(15)5-10/h2-5,9,12H,6-8H2,1H3. The number of carbonyl (C=O) groups excluding carboxylic acids is 1. The summed E-state index contributed by atoms with van der Waals surface area (Å²) in [5.41, 5.74) is 0.754.